The molecule has 1 aromatic carbocycles. The van der Waals surface area contributed by atoms with Crippen LogP contribution in [0.25, 0.3) is 0 Å². The van der Waals surface area contributed by atoms with Gasteiger partial charge in [0, 0.05) is 5.56 Å². The standard InChI is InChI=1S/C16H17NO/c1-16(2)9-3-4-14(10-16)15(18)13-7-5-12(11-17)6-8-13/h5-8,10H,3-4,9H2,1-2H3. The molecule has 0 saturated carbocycles. The molecule has 0 radical (unpaired) electrons. The molecule has 1 aromatic rings. The Morgan fingerprint density at radius 3 is 2.50 bits per heavy atom. The van der Waals surface area contributed by atoms with E-state index in [-0.39, 0.29) is 11.2 Å². The van der Waals surface area contributed by atoms with Crippen LogP contribution in [0.15, 0.2) is 35.9 Å². The van der Waals surface area contributed by atoms with E-state index in [1.54, 1.807) is 24.3 Å². The summed E-state index contributed by atoms with van der Waals surface area (Å²) in [5, 5.41) is 8.74. The van der Waals surface area contributed by atoms with Gasteiger partial charge in [-0.25, -0.2) is 0 Å². The lowest BCUT2D eigenvalue weighted by atomic mass is 9.78. The zero-order valence-electron chi connectivity index (χ0n) is 10.9. The summed E-state index contributed by atoms with van der Waals surface area (Å²) in [6.45, 7) is 4.33. The molecule has 18 heavy (non-hydrogen) atoms. The van der Waals surface area contributed by atoms with E-state index in [0.29, 0.717) is 11.1 Å². The van der Waals surface area contributed by atoms with Gasteiger partial charge in [-0.05, 0) is 54.5 Å². The number of Topliss-reactive ketones (excluding diaryl/α,β-unsaturated/α-hetero) is 1. The van der Waals surface area contributed by atoms with Crippen LogP contribution in [0.1, 0.15) is 49.0 Å². The first kappa shape index (κ1) is 12.6. The van der Waals surface area contributed by atoms with Crippen molar-refractivity contribution in [3.05, 3.63) is 47.0 Å². The highest BCUT2D eigenvalue weighted by Crippen LogP contribution is 2.34. The SMILES string of the molecule is CC1(C)C=C(C(=O)c2ccc(C#N)cc2)CCC1. The number of hydrogen-bond acceptors (Lipinski definition) is 2. The molecule has 0 fully saturated rings. The number of allylic oxidation sites excluding steroid dienone is 2. The minimum Gasteiger partial charge on any atom is -0.289 e. The Morgan fingerprint density at radius 2 is 1.94 bits per heavy atom. The lowest BCUT2D eigenvalue weighted by molar-refractivity contribution is 0.102. The number of carbonyl (C=O) groups is 1. The summed E-state index contributed by atoms with van der Waals surface area (Å²) in [5.74, 6) is 0.104. The molecule has 0 saturated heterocycles. The van der Waals surface area contributed by atoms with Crippen LogP contribution < -0.4 is 0 Å². The topological polar surface area (TPSA) is 40.9 Å². The molecule has 0 N–H and O–H groups in total. The normalized spacial score (nSPS) is 17.7. The van der Waals surface area contributed by atoms with Crippen LogP contribution >= 0.6 is 0 Å². The molecule has 2 rings (SSSR count). The minimum atomic E-state index is 0.104. The zero-order valence-corrected chi connectivity index (χ0v) is 10.9. The van der Waals surface area contributed by atoms with Gasteiger partial charge in [-0.2, -0.15) is 5.26 Å². The van der Waals surface area contributed by atoms with E-state index in [9.17, 15) is 4.79 Å². The maximum Gasteiger partial charge on any atom is 0.188 e. The molecular weight excluding hydrogens is 222 g/mol. The predicted octanol–water partition coefficient (Wildman–Crippen LogP) is 3.88. The first-order valence-electron chi connectivity index (χ1n) is 6.28. The number of hydrogen-bond donors (Lipinski definition) is 0. The summed E-state index contributed by atoms with van der Waals surface area (Å²) in [5.41, 5.74) is 2.30. The molecule has 92 valence electrons. The quantitative estimate of drug-likeness (QED) is 0.735. The monoisotopic (exact) mass is 239 g/mol. The Labute approximate surface area is 108 Å². The molecule has 0 heterocycles. The minimum absolute atomic E-state index is 0.104. The Morgan fingerprint density at radius 1 is 1.28 bits per heavy atom. The average molecular weight is 239 g/mol. The third kappa shape index (κ3) is 2.68. The van der Waals surface area contributed by atoms with Crippen LogP contribution in [0.3, 0.4) is 0 Å². The number of carbonyl (C=O) groups excluding carboxylic acids is 1. The number of nitrogens with zero attached hydrogens (tertiary/aromatic N) is 1. The van der Waals surface area contributed by atoms with Crippen LogP contribution in [0.5, 0.6) is 0 Å². The fraction of sp³-hybridized carbons (Fsp3) is 0.375. The van der Waals surface area contributed by atoms with Gasteiger partial charge in [-0.1, -0.05) is 19.9 Å². The van der Waals surface area contributed by atoms with Crippen molar-refractivity contribution in [3.63, 3.8) is 0 Å². The molecule has 2 nitrogen and oxygen atoms in total. The third-order valence-electron chi connectivity index (χ3n) is 3.40. The van der Waals surface area contributed by atoms with E-state index in [1.807, 2.05) is 0 Å². The Bertz CT molecular complexity index is 529. The molecule has 2 heteroatoms. The lowest BCUT2D eigenvalue weighted by Crippen LogP contribution is -2.17. The molecule has 0 aromatic heterocycles. The maximum absolute atomic E-state index is 12.3. The summed E-state index contributed by atoms with van der Waals surface area (Å²) in [6.07, 6.45) is 5.18. The Kier molecular flexibility index (Phi) is 3.34. The van der Waals surface area contributed by atoms with Crippen molar-refractivity contribution in [2.45, 2.75) is 33.1 Å². The number of nitriles is 1. The van der Waals surface area contributed by atoms with Crippen molar-refractivity contribution in [1.29, 1.82) is 5.26 Å². The van der Waals surface area contributed by atoms with Gasteiger partial charge in [0.05, 0.1) is 11.6 Å². The van der Waals surface area contributed by atoms with Crippen LogP contribution in [0.2, 0.25) is 0 Å². The van der Waals surface area contributed by atoms with Gasteiger partial charge in [0.1, 0.15) is 0 Å². The van der Waals surface area contributed by atoms with Crippen molar-refractivity contribution < 1.29 is 4.79 Å². The Hall–Kier alpha value is -1.88. The largest absolute Gasteiger partial charge is 0.289 e. The third-order valence-corrected chi connectivity index (χ3v) is 3.40. The fourth-order valence-electron chi connectivity index (χ4n) is 2.41. The van der Waals surface area contributed by atoms with Gasteiger partial charge >= 0.3 is 0 Å². The van der Waals surface area contributed by atoms with Gasteiger partial charge < -0.3 is 0 Å². The van der Waals surface area contributed by atoms with Crippen molar-refractivity contribution in [2.75, 3.05) is 0 Å². The van der Waals surface area contributed by atoms with Crippen molar-refractivity contribution >= 4 is 5.78 Å². The molecule has 0 amide bonds. The van der Waals surface area contributed by atoms with E-state index in [1.165, 1.54) is 0 Å². The van der Waals surface area contributed by atoms with E-state index < -0.39 is 0 Å². The second-order valence-corrected chi connectivity index (χ2v) is 5.53. The van der Waals surface area contributed by atoms with E-state index in [4.69, 9.17) is 5.26 Å². The van der Waals surface area contributed by atoms with Crippen LogP contribution in [-0.2, 0) is 0 Å². The van der Waals surface area contributed by atoms with Crippen molar-refractivity contribution in [3.8, 4) is 6.07 Å². The van der Waals surface area contributed by atoms with Crippen LogP contribution in [0, 0.1) is 16.7 Å². The molecule has 0 spiro atoms. The first-order valence-corrected chi connectivity index (χ1v) is 6.28. The zero-order chi connectivity index (χ0) is 13.2. The summed E-state index contributed by atoms with van der Waals surface area (Å²) in [6, 6.07) is 8.93. The van der Waals surface area contributed by atoms with Crippen molar-refractivity contribution in [2.24, 2.45) is 5.41 Å². The second kappa shape index (κ2) is 4.78. The van der Waals surface area contributed by atoms with Crippen molar-refractivity contribution in [1.82, 2.24) is 0 Å². The van der Waals surface area contributed by atoms with Crippen LogP contribution in [0.4, 0.5) is 0 Å². The van der Waals surface area contributed by atoms with Gasteiger partial charge in [-0.3, -0.25) is 4.79 Å². The highest BCUT2D eigenvalue weighted by atomic mass is 16.1. The molecule has 0 atom stereocenters. The molecule has 0 aliphatic heterocycles. The average Bonchev–Trinajstić information content (AvgIpc) is 2.37. The van der Waals surface area contributed by atoms with Gasteiger partial charge in [0.15, 0.2) is 5.78 Å². The lowest BCUT2D eigenvalue weighted by Gasteiger charge is -2.26. The first-order chi connectivity index (χ1) is 8.52. The molecule has 1 aliphatic carbocycles. The van der Waals surface area contributed by atoms with E-state index in [0.717, 1.165) is 24.8 Å². The highest BCUT2D eigenvalue weighted by Gasteiger charge is 2.24. The smallest absolute Gasteiger partial charge is 0.188 e. The molecule has 0 unspecified atom stereocenters. The number of rotatable bonds is 2. The maximum atomic E-state index is 12.3. The molecule has 1 aliphatic rings. The summed E-state index contributed by atoms with van der Waals surface area (Å²) >= 11 is 0. The summed E-state index contributed by atoms with van der Waals surface area (Å²) in [7, 11) is 0. The van der Waals surface area contributed by atoms with Crippen LogP contribution in [-0.4, -0.2) is 5.78 Å². The number of ketones is 1. The fourth-order valence-corrected chi connectivity index (χ4v) is 2.41. The molecular formula is C16H17NO. The van der Waals surface area contributed by atoms with E-state index in [2.05, 4.69) is 26.0 Å². The summed E-state index contributed by atoms with van der Waals surface area (Å²) < 4.78 is 0. The predicted molar refractivity (Wildman–Crippen MR) is 71.2 cm³/mol. The number of benzene rings is 1. The Balaban J connectivity index is 2.26. The van der Waals surface area contributed by atoms with E-state index >= 15 is 0 Å². The van der Waals surface area contributed by atoms with Gasteiger partial charge in [-0.15, -0.1) is 0 Å². The summed E-state index contributed by atoms with van der Waals surface area (Å²) in [4.78, 5) is 12.3. The highest BCUT2D eigenvalue weighted by molar-refractivity contribution is 6.08. The molecule has 0 bridgehead atoms. The second-order valence-electron chi connectivity index (χ2n) is 5.53. The van der Waals surface area contributed by atoms with Gasteiger partial charge in [0.25, 0.3) is 0 Å². The van der Waals surface area contributed by atoms with Gasteiger partial charge in [0.2, 0.25) is 0 Å².